The maximum Gasteiger partial charge on any atom is 0.233 e. The molecule has 0 saturated carbocycles. The minimum atomic E-state index is 0.227. The predicted octanol–water partition coefficient (Wildman–Crippen LogP) is 2.83. The van der Waals surface area contributed by atoms with Crippen molar-refractivity contribution in [3.63, 3.8) is 0 Å². The average molecular weight is 327 g/mol. The second-order valence-electron chi connectivity index (χ2n) is 5.67. The highest BCUT2D eigenvalue weighted by Crippen LogP contribution is 2.20. The smallest absolute Gasteiger partial charge is 0.233 e. The zero-order chi connectivity index (χ0) is 16.1. The number of pyridine rings is 1. The fourth-order valence-corrected chi connectivity index (χ4v) is 3.44. The Morgan fingerprint density at radius 3 is 2.35 bits per heavy atom. The monoisotopic (exact) mass is 327 g/mol. The molecule has 0 atom stereocenters. The summed E-state index contributed by atoms with van der Waals surface area (Å²) in [5.41, 5.74) is 2.43. The average Bonchev–Trinajstić information content (AvgIpc) is 2.62. The van der Waals surface area contributed by atoms with E-state index >= 15 is 0 Å². The topological polar surface area (TPSA) is 36.4 Å². The lowest BCUT2D eigenvalue weighted by molar-refractivity contribution is -0.128. The van der Waals surface area contributed by atoms with Crippen LogP contribution in [0.3, 0.4) is 0 Å². The van der Waals surface area contributed by atoms with Crippen molar-refractivity contribution in [1.82, 2.24) is 9.88 Å². The second kappa shape index (κ2) is 7.51. The van der Waals surface area contributed by atoms with Gasteiger partial charge < -0.3 is 9.80 Å². The molecule has 0 radical (unpaired) electrons. The summed E-state index contributed by atoms with van der Waals surface area (Å²) in [5.74, 6) is 0.739. The molecule has 4 nitrogen and oxygen atoms in total. The molecule has 0 bridgehead atoms. The molecule has 1 aliphatic rings. The van der Waals surface area contributed by atoms with Crippen molar-refractivity contribution in [2.45, 2.75) is 11.8 Å². The summed E-state index contributed by atoms with van der Waals surface area (Å²) in [4.78, 5) is 21.8. The Morgan fingerprint density at radius 2 is 1.70 bits per heavy atom. The number of aryl methyl sites for hydroxylation is 1. The standard InChI is InChI=1S/C18H21N3OS/c1-15-2-4-17(5-3-15)23-14-18(22)21-12-10-20(11-13-21)16-6-8-19-9-7-16/h2-9H,10-14H2,1H3. The van der Waals surface area contributed by atoms with Gasteiger partial charge in [0.05, 0.1) is 5.75 Å². The minimum Gasteiger partial charge on any atom is -0.368 e. The first-order chi connectivity index (χ1) is 11.2. The summed E-state index contributed by atoms with van der Waals surface area (Å²) < 4.78 is 0. The molecule has 23 heavy (non-hydrogen) atoms. The molecule has 0 aliphatic carbocycles. The number of hydrogen-bond donors (Lipinski definition) is 0. The molecule has 2 aromatic rings. The van der Waals surface area contributed by atoms with Gasteiger partial charge in [0, 0.05) is 49.2 Å². The van der Waals surface area contributed by atoms with Crippen molar-refractivity contribution >= 4 is 23.4 Å². The van der Waals surface area contributed by atoms with Crippen molar-refractivity contribution < 1.29 is 4.79 Å². The molecule has 1 fully saturated rings. The number of anilines is 1. The highest BCUT2D eigenvalue weighted by molar-refractivity contribution is 8.00. The quantitative estimate of drug-likeness (QED) is 0.809. The first kappa shape index (κ1) is 15.9. The van der Waals surface area contributed by atoms with Crippen LogP contribution in [0.4, 0.5) is 5.69 Å². The van der Waals surface area contributed by atoms with Gasteiger partial charge in [-0.25, -0.2) is 0 Å². The summed E-state index contributed by atoms with van der Waals surface area (Å²) in [6.07, 6.45) is 3.62. The Hall–Kier alpha value is -2.01. The molecular weight excluding hydrogens is 306 g/mol. The van der Waals surface area contributed by atoms with E-state index < -0.39 is 0 Å². The summed E-state index contributed by atoms with van der Waals surface area (Å²) in [6.45, 7) is 5.41. The van der Waals surface area contributed by atoms with Gasteiger partial charge in [-0.1, -0.05) is 17.7 Å². The third kappa shape index (κ3) is 4.26. The number of aromatic nitrogens is 1. The molecule has 1 saturated heterocycles. The molecule has 120 valence electrons. The lowest BCUT2D eigenvalue weighted by Gasteiger charge is -2.36. The maximum atomic E-state index is 12.4. The number of hydrogen-bond acceptors (Lipinski definition) is 4. The number of piperazine rings is 1. The van der Waals surface area contributed by atoms with E-state index in [0.717, 1.165) is 31.1 Å². The van der Waals surface area contributed by atoms with E-state index in [1.165, 1.54) is 11.3 Å². The molecule has 1 aliphatic heterocycles. The summed E-state index contributed by atoms with van der Waals surface area (Å²) in [7, 11) is 0. The van der Waals surface area contributed by atoms with Crippen LogP contribution in [0.5, 0.6) is 0 Å². The number of carbonyl (C=O) groups is 1. The molecule has 2 heterocycles. The maximum absolute atomic E-state index is 12.4. The third-order valence-corrected chi connectivity index (χ3v) is 5.04. The molecular formula is C18H21N3OS. The van der Waals surface area contributed by atoms with Crippen molar-refractivity contribution in [3.8, 4) is 0 Å². The van der Waals surface area contributed by atoms with Crippen LogP contribution in [-0.4, -0.2) is 47.7 Å². The highest BCUT2D eigenvalue weighted by Gasteiger charge is 2.21. The number of benzene rings is 1. The van der Waals surface area contributed by atoms with Gasteiger partial charge in [0.15, 0.2) is 0 Å². The molecule has 3 rings (SSSR count). The van der Waals surface area contributed by atoms with Crippen molar-refractivity contribution in [3.05, 3.63) is 54.4 Å². The summed E-state index contributed by atoms with van der Waals surface area (Å²) >= 11 is 1.61. The van der Waals surface area contributed by atoms with Crippen molar-refractivity contribution in [2.75, 3.05) is 36.8 Å². The summed E-state index contributed by atoms with van der Waals surface area (Å²) in [6, 6.07) is 12.4. The van der Waals surface area contributed by atoms with Gasteiger partial charge in [-0.15, -0.1) is 11.8 Å². The van der Waals surface area contributed by atoms with Crippen molar-refractivity contribution in [2.24, 2.45) is 0 Å². The van der Waals surface area contributed by atoms with E-state index in [2.05, 4.69) is 41.1 Å². The van der Waals surface area contributed by atoms with Crippen LogP contribution in [0, 0.1) is 6.92 Å². The number of amides is 1. The predicted molar refractivity (Wildman–Crippen MR) is 94.9 cm³/mol. The van der Waals surface area contributed by atoms with E-state index in [0.29, 0.717) is 5.75 Å². The number of carbonyl (C=O) groups excluding carboxylic acids is 1. The molecule has 1 aromatic carbocycles. The van der Waals surface area contributed by atoms with E-state index in [1.54, 1.807) is 11.8 Å². The van der Waals surface area contributed by atoms with Crippen LogP contribution in [0.1, 0.15) is 5.56 Å². The van der Waals surface area contributed by atoms with Gasteiger partial charge in [0.1, 0.15) is 0 Å². The van der Waals surface area contributed by atoms with E-state index in [1.807, 2.05) is 29.4 Å². The molecule has 0 spiro atoms. The van der Waals surface area contributed by atoms with Crippen LogP contribution < -0.4 is 4.90 Å². The fourth-order valence-electron chi connectivity index (χ4n) is 2.64. The van der Waals surface area contributed by atoms with Crippen molar-refractivity contribution in [1.29, 1.82) is 0 Å². The Labute approximate surface area is 141 Å². The van der Waals surface area contributed by atoms with E-state index in [-0.39, 0.29) is 5.91 Å². The van der Waals surface area contributed by atoms with Gasteiger partial charge in [0.25, 0.3) is 0 Å². The lowest BCUT2D eigenvalue weighted by Crippen LogP contribution is -2.49. The molecule has 1 amide bonds. The second-order valence-corrected chi connectivity index (χ2v) is 6.72. The van der Waals surface area contributed by atoms with Crippen LogP contribution in [0.25, 0.3) is 0 Å². The summed E-state index contributed by atoms with van der Waals surface area (Å²) in [5, 5.41) is 0. The Kier molecular flexibility index (Phi) is 5.18. The SMILES string of the molecule is Cc1ccc(SCC(=O)N2CCN(c3ccncc3)CC2)cc1. The first-order valence-corrected chi connectivity index (χ1v) is 8.83. The van der Waals surface area contributed by atoms with Gasteiger partial charge in [-0.05, 0) is 31.2 Å². The van der Waals surface area contributed by atoms with Crippen LogP contribution in [0.15, 0.2) is 53.7 Å². The van der Waals surface area contributed by atoms with Gasteiger partial charge in [0.2, 0.25) is 5.91 Å². The zero-order valence-corrected chi connectivity index (χ0v) is 14.1. The number of rotatable bonds is 4. The minimum absolute atomic E-state index is 0.227. The van der Waals surface area contributed by atoms with Crippen LogP contribution in [0.2, 0.25) is 0 Å². The largest absolute Gasteiger partial charge is 0.368 e. The van der Waals surface area contributed by atoms with Crippen LogP contribution >= 0.6 is 11.8 Å². The van der Waals surface area contributed by atoms with E-state index in [9.17, 15) is 4.79 Å². The normalized spacial score (nSPS) is 14.8. The molecule has 1 aromatic heterocycles. The number of nitrogens with zero attached hydrogens (tertiary/aromatic N) is 3. The molecule has 0 unspecified atom stereocenters. The zero-order valence-electron chi connectivity index (χ0n) is 13.3. The Morgan fingerprint density at radius 1 is 1.04 bits per heavy atom. The fraction of sp³-hybridized carbons (Fsp3) is 0.333. The Bertz CT molecular complexity index is 637. The van der Waals surface area contributed by atoms with Crippen LogP contribution in [-0.2, 0) is 4.79 Å². The number of thioether (sulfide) groups is 1. The van der Waals surface area contributed by atoms with Gasteiger partial charge >= 0.3 is 0 Å². The van der Waals surface area contributed by atoms with Gasteiger partial charge in [-0.2, -0.15) is 0 Å². The molecule has 5 heteroatoms. The third-order valence-electron chi connectivity index (χ3n) is 4.04. The molecule has 0 N–H and O–H groups in total. The highest BCUT2D eigenvalue weighted by atomic mass is 32.2. The van der Waals surface area contributed by atoms with E-state index in [4.69, 9.17) is 0 Å². The first-order valence-electron chi connectivity index (χ1n) is 7.84. The van der Waals surface area contributed by atoms with Gasteiger partial charge in [-0.3, -0.25) is 9.78 Å². The lowest BCUT2D eigenvalue weighted by atomic mass is 10.2. The Balaban J connectivity index is 1.47.